The van der Waals surface area contributed by atoms with E-state index in [0.29, 0.717) is 0 Å². The predicted octanol–water partition coefficient (Wildman–Crippen LogP) is 4.44. The van der Waals surface area contributed by atoms with Gasteiger partial charge in [0.1, 0.15) is 12.1 Å². The zero-order valence-electron chi connectivity index (χ0n) is 13.7. The van der Waals surface area contributed by atoms with Gasteiger partial charge in [-0.3, -0.25) is 0 Å². The first-order valence-corrected chi connectivity index (χ1v) is 7.95. The largest absolute Gasteiger partial charge is 0.372 e. The van der Waals surface area contributed by atoms with E-state index in [1.807, 2.05) is 13.1 Å². The molecule has 2 heterocycles. The van der Waals surface area contributed by atoms with Crippen LogP contribution in [0, 0.1) is 6.92 Å². The summed E-state index contributed by atoms with van der Waals surface area (Å²) in [6.07, 6.45) is 3.76. The van der Waals surface area contributed by atoms with E-state index in [2.05, 4.69) is 81.5 Å². The van der Waals surface area contributed by atoms with Gasteiger partial charge in [-0.1, -0.05) is 48.5 Å². The molecule has 2 aromatic carbocycles. The van der Waals surface area contributed by atoms with Crippen molar-refractivity contribution in [3.63, 3.8) is 0 Å². The third-order valence-electron chi connectivity index (χ3n) is 4.28. The van der Waals surface area contributed by atoms with Crippen molar-refractivity contribution in [1.82, 2.24) is 14.5 Å². The van der Waals surface area contributed by atoms with E-state index in [9.17, 15) is 0 Å². The minimum absolute atomic E-state index is 0.839. The van der Waals surface area contributed by atoms with Crippen LogP contribution in [0.15, 0.2) is 67.1 Å². The lowest BCUT2D eigenvalue weighted by atomic mass is 10.1. The third-order valence-corrected chi connectivity index (χ3v) is 4.28. The van der Waals surface area contributed by atoms with Gasteiger partial charge in [-0.2, -0.15) is 0 Å². The van der Waals surface area contributed by atoms with Crippen LogP contribution in [0.2, 0.25) is 0 Å². The molecule has 4 nitrogen and oxygen atoms in total. The van der Waals surface area contributed by atoms with Gasteiger partial charge in [0.15, 0.2) is 5.65 Å². The number of nitrogens with one attached hydrogen (secondary N) is 1. The van der Waals surface area contributed by atoms with E-state index < -0.39 is 0 Å². The average molecular weight is 314 g/mol. The first-order valence-electron chi connectivity index (χ1n) is 7.95. The van der Waals surface area contributed by atoms with E-state index in [1.54, 1.807) is 6.33 Å². The molecule has 4 heteroatoms. The predicted molar refractivity (Wildman–Crippen MR) is 98.6 cm³/mol. The molecule has 0 spiro atoms. The van der Waals surface area contributed by atoms with E-state index >= 15 is 0 Å². The fraction of sp³-hybridized carbons (Fsp3) is 0.100. The highest BCUT2D eigenvalue weighted by molar-refractivity contribution is 6.02. The van der Waals surface area contributed by atoms with Gasteiger partial charge in [-0.25, -0.2) is 9.97 Å². The fourth-order valence-electron chi connectivity index (χ4n) is 3.11. The number of benzene rings is 2. The summed E-state index contributed by atoms with van der Waals surface area (Å²) in [5.74, 6) is 0.839. The molecular weight excluding hydrogens is 296 g/mol. The van der Waals surface area contributed by atoms with E-state index in [1.165, 1.54) is 5.56 Å². The Labute approximate surface area is 140 Å². The second-order valence-electron chi connectivity index (χ2n) is 5.74. The zero-order valence-corrected chi connectivity index (χ0v) is 13.7. The van der Waals surface area contributed by atoms with E-state index in [-0.39, 0.29) is 0 Å². The Balaban J connectivity index is 2.09. The number of para-hydroxylation sites is 1. The molecule has 4 aromatic rings. The van der Waals surface area contributed by atoms with Gasteiger partial charge in [0.2, 0.25) is 0 Å². The lowest BCUT2D eigenvalue weighted by Gasteiger charge is -2.08. The Kier molecular flexibility index (Phi) is 3.50. The number of fused-ring (bicyclic) bond motifs is 1. The minimum Gasteiger partial charge on any atom is -0.372 e. The van der Waals surface area contributed by atoms with Crippen LogP contribution in [0.4, 0.5) is 5.82 Å². The summed E-state index contributed by atoms with van der Waals surface area (Å²) in [5, 5.41) is 4.23. The van der Waals surface area contributed by atoms with Crippen molar-refractivity contribution in [2.75, 3.05) is 12.4 Å². The number of hydrogen-bond acceptors (Lipinski definition) is 3. The standard InChI is InChI=1S/C20H18N4/c1-14-8-6-7-11-17(14)24-12-16(15-9-4-3-5-10-15)18-19(21-2)22-13-23-20(18)24/h3-13H,1-2H3,(H,21,22,23). The molecule has 0 fully saturated rings. The SMILES string of the molecule is CNc1ncnc2c1c(-c1ccccc1)cn2-c1ccccc1C. The highest BCUT2D eigenvalue weighted by atomic mass is 15.1. The van der Waals surface area contributed by atoms with Gasteiger partial charge in [0.25, 0.3) is 0 Å². The maximum Gasteiger partial charge on any atom is 0.150 e. The van der Waals surface area contributed by atoms with Crippen LogP contribution in [-0.2, 0) is 0 Å². The van der Waals surface area contributed by atoms with Crippen LogP contribution in [0.1, 0.15) is 5.56 Å². The van der Waals surface area contributed by atoms with Gasteiger partial charge in [-0.15, -0.1) is 0 Å². The molecule has 4 rings (SSSR count). The van der Waals surface area contributed by atoms with Crippen molar-refractivity contribution in [3.8, 4) is 16.8 Å². The maximum absolute atomic E-state index is 4.57. The Morgan fingerprint density at radius 2 is 1.67 bits per heavy atom. The van der Waals surface area contributed by atoms with Gasteiger partial charge >= 0.3 is 0 Å². The van der Waals surface area contributed by atoms with Crippen LogP contribution >= 0.6 is 0 Å². The molecule has 0 saturated carbocycles. The number of anilines is 1. The maximum atomic E-state index is 4.57. The molecule has 118 valence electrons. The highest BCUT2D eigenvalue weighted by Crippen LogP contribution is 2.35. The molecule has 0 aliphatic heterocycles. The summed E-state index contributed by atoms with van der Waals surface area (Å²) in [4.78, 5) is 8.97. The second kappa shape index (κ2) is 5.81. The quantitative estimate of drug-likeness (QED) is 0.608. The number of aryl methyl sites for hydroxylation is 1. The Morgan fingerprint density at radius 3 is 2.42 bits per heavy atom. The molecule has 0 saturated heterocycles. The minimum atomic E-state index is 0.839. The lowest BCUT2D eigenvalue weighted by Crippen LogP contribution is -1.98. The number of hydrogen-bond donors (Lipinski definition) is 1. The second-order valence-corrected chi connectivity index (χ2v) is 5.74. The van der Waals surface area contributed by atoms with Gasteiger partial charge in [-0.05, 0) is 24.1 Å². The molecule has 24 heavy (non-hydrogen) atoms. The molecule has 2 aromatic heterocycles. The van der Waals surface area contributed by atoms with Crippen LogP contribution in [0.25, 0.3) is 27.8 Å². The molecule has 0 amide bonds. The fourth-order valence-corrected chi connectivity index (χ4v) is 3.11. The summed E-state index contributed by atoms with van der Waals surface area (Å²) in [6, 6.07) is 18.7. The normalized spacial score (nSPS) is 10.9. The Morgan fingerprint density at radius 1 is 0.917 bits per heavy atom. The summed E-state index contributed by atoms with van der Waals surface area (Å²) in [6.45, 7) is 2.11. The van der Waals surface area contributed by atoms with E-state index in [4.69, 9.17) is 0 Å². The Bertz CT molecular complexity index is 1000. The molecule has 0 radical (unpaired) electrons. The number of rotatable bonds is 3. The summed E-state index contributed by atoms with van der Waals surface area (Å²) in [7, 11) is 1.89. The van der Waals surface area contributed by atoms with Crippen molar-refractivity contribution in [2.45, 2.75) is 6.92 Å². The first kappa shape index (κ1) is 14.5. The molecular formula is C20H18N4. The number of aromatic nitrogens is 3. The molecule has 0 atom stereocenters. The molecule has 0 unspecified atom stereocenters. The molecule has 0 aliphatic carbocycles. The number of nitrogens with zero attached hydrogens (tertiary/aromatic N) is 3. The van der Waals surface area contributed by atoms with Crippen molar-refractivity contribution in [1.29, 1.82) is 0 Å². The van der Waals surface area contributed by atoms with Crippen molar-refractivity contribution >= 4 is 16.9 Å². The third kappa shape index (κ3) is 2.24. The van der Waals surface area contributed by atoms with Crippen LogP contribution in [0.5, 0.6) is 0 Å². The molecule has 0 aliphatic rings. The highest BCUT2D eigenvalue weighted by Gasteiger charge is 2.17. The van der Waals surface area contributed by atoms with Crippen molar-refractivity contribution in [3.05, 3.63) is 72.7 Å². The summed E-state index contributed by atoms with van der Waals surface area (Å²) in [5.41, 5.74) is 5.52. The van der Waals surface area contributed by atoms with Crippen LogP contribution in [0.3, 0.4) is 0 Å². The smallest absolute Gasteiger partial charge is 0.150 e. The summed E-state index contributed by atoms with van der Waals surface area (Å²) >= 11 is 0. The lowest BCUT2D eigenvalue weighted by molar-refractivity contribution is 1.06. The van der Waals surface area contributed by atoms with Gasteiger partial charge in [0.05, 0.1) is 5.39 Å². The first-order chi connectivity index (χ1) is 11.8. The molecule has 1 N–H and O–H groups in total. The molecule has 0 bridgehead atoms. The van der Waals surface area contributed by atoms with Crippen LogP contribution < -0.4 is 5.32 Å². The van der Waals surface area contributed by atoms with Gasteiger partial charge < -0.3 is 9.88 Å². The Hall–Kier alpha value is -3.14. The van der Waals surface area contributed by atoms with Crippen molar-refractivity contribution in [2.24, 2.45) is 0 Å². The zero-order chi connectivity index (χ0) is 16.5. The van der Waals surface area contributed by atoms with Crippen molar-refractivity contribution < 1.29 is 0 Å². The van der Waals surface area contributed by atoms with Crippen LogP contribution in [-0.4, -0.2) is 21.6 Å². The average Bonchev–Trinajstić information content (AvgIpc) is 3.02. The summed E-state index contributed by atoms with van der Waals surface area (Å²) < 4.78 is 2.15. The topological polar surface area (TPSA) is 42.7 Å². The van der Waals surface area contributed by atoms with Gasteiger partial charge in [0, 0.05) is 24.5 Å². The van der Waals surface area contributed by atoms with E-state index in [0.717, 1.165) is 33.7 Å². The monoisotopic (exact) mass is 314 g/mol.